The number of ether oxygens (including phenoxy) is 3. The molecule has 36 heavy (non-hydrogen) atoms. The zero-order valence-electron chi connectivity index (χ0n) is 21.3. The molecule has 0 aliphatic carbocycles. The third kappa shape index (κ3) is 7.90. The van der Waals surface area contributed by atoms with Gasteiger partial charge >= 0.3 is 6.03 Å². The molecule has 3 rings (SSSR count). The third-order valence-electron chi connectivity index (χ3n) is 5.42. The van der Waals surface area contributed by atoms with Gasteiger partial charge in [-0.25, -0.2) is 4.79 Å². The average Bonchev–Trinajstić information content (AvgIpc) is 2.82. The van der Waals surface area contributed by atoms with E-state index in [1.807, 2.05) is 12.1 Å². The molecule has 9 heteroatoms. The lowest BCUT2D eigenvalue weighted by Gasteiger charge is -2.18. The number of unbranched alkanes of at least 4 members (excludes halogenated alkanes) is 1. The summed E-state index contributed by atoms with van der Waals surface area (Å²) in [5, 5.41) is 6.75. The van der Waals surface area contributed by atoms with Crippen LogP contribution in [0.5, 0.6) is 23.0 Å². The highest BCUT2D eigenvalue weighted by Crippen LogP contribution is 2.38. The summed E-state index contributed by atoms with van der Waals surface area (Å²) in [4.78, 5) is 16.7. The summed E-state index contributed by atoms with van der Waals surface area (Å²) in [7, 11) is 1.59. The van der Waals surface area contributed by atoms with Crippen molar-refractivity contribution in [2.75, 3.05) is 32.1 Å². The Morgan fingerprint density at radius 3 is 2.58 bits per heavy atom. The van der Waals surface area contributed by atoms with Crippen LogP contribution in [-0.2, 0) is 0 Å². The van der Waals surface area contributed by atoms with Gasteiger partial charge in [0.05, 0.1) is 29.9 Å². The summed E-state index contributed by atoms with van der Waals surface area (Å²) >= 11 is 6.42. The number of aromatic nitrogens is 1. The number of rotatable bonds is 11. The molecule has 1 aromatic heterocycles. The fourth-order valence-corrected chi connectivity index (χ4v) is 3.64. The van der Waals surface area contributed by atoms with Gasteiger partial charge in [0.1, 0.15) is 11.5 Å². The topological polar surface area (TPSA) is 108 Å². The van der Waals surface area contributed by atoms with E-state index in [9.17, 15) is 4.79 Å². The Morgan fingerprint density at radius 2 is 1.89 bits per heavy atom. The minimum absolute atomic E-state index is 0.143. The molecule has 0 fully saturated rings. The fraction of sp³-hybridized carbons (Fsp3) is 0.407. The molecule has 0 radical (unpaired) electrons. The fourth-order valence-electron chi connectivity index (χ4n) is 3.42. The number of methoxy groups -OCH3 is 1. The SMILES string of the molecule is COc1cc2c(Oc3ccc(NC(=O)NCCC(C)(C)C)c(Cl)c3)ccnc2cc1OCCCCN. The molecule has 0 bridgehead atoms. The van der Waals surface area contributed by atoms with Crippen LogP contribution < -0.4 is 30.6 Å². The molecule has 4 N–H and O–H groups in total. The van der Waals surface area contributed by atoms with Crippen molar-refractivity contribution in [2.45, 2.75) is 40.0 Å². The minimum Gasteiger partial charge on any atom is -0.493 e. The van der Waals surface area contributed by atoms with E-state index in [0.717, 1.165) is 24.6 Å². The van der Waals surface area contributed by atoms with Crippen molar-refractivity contribution in [2.24, 2.45) is 11.1 Å². The Morgan fingerprint density at radius 1 is 1.08 bits per heavy atom. The molecule has 0 spiro atoms. The lowest BCUT2D eigenvalue weighted by atomic mass is 9.92. The van der Waals surface area contributed by atoms with E-state index in [4.69, 9.17) is 31.5 Å². The Hall–Kier alpha value is -3.23. The predicted octanol–water partition coefficient (Wildman–Crippen LogP) is 6.36. The Labute approximate surface area is 217 Å². The molecule has 194 valence electrons. The van der Waals surface area contributed by atoms with Gasteiger partial charge in [0.25, 0.3) is 0 Å². The second-order valence-corrected chi connectivity index (χ2v) is 10.0. The molecule has 2 amide bonds. The van der Waals surface area contributed by atoms with Crippen molar-refractivity contribution in [3.8, 4) is 23.0 Å². The van der Waals surface area contributed by atoms with Gasteiger partial charge < -0.3 is 30.6 Å². The van der Waals surface area contributed by atoms with Crippen molar-refractivity contribution in [1.82, 2.24) is 10.3 Å². The van der Waals surface area contributed by atoms with E-state index < -0.39 is 0 Å². The third-order valence-corrected chi connectivity index (χ3v) is 5.73. The van der Waals surface area contributed by atoms with Gasteiger partial charge in [0.15, 0.2) is 11.5 Å². The van der Waals surface area contributed by atoms with Crippen LogP contribution >= 0.6 is 11.6 Å². The average molecular weight is 515 g/mol. The van der Waals surface area contributed by atoms with Crippen LogP contribution in [0.1, 0.15) is 40.0 Å². The molecule has 1 heterocycles. The summed E-state index contributed by atoms with van der Waals surface area (Å²) in [6.45, 7) is 8.13. The largest absolute Gasteiger partial charge is 0.493 e. The summed E-state index contributed by atoms with van der Waals surface area (Å²) in [6, 6.07) is 10.3. The number of hydrogen-bond acceptors (Lipinski definition) is 6. The molecule has 0 unspecified atom stereocenters. The zero-order valence-corrected chi connectivity index (χ0v) is 22.1. The maximum atomic E-state index is 12.2. The maximum absolute atomic E-state index is 12.2. The van der Waals surface area contributed by atoms with Crippen LogP contribution in [0.3, 0.4) is 0 Å². The van der Waals surface area contributed by atoms with Gasteiger partial charge in [-0.05, 0) is 55.5 Å². The van der Waals surface area contributed by atoms with Crippen LogP contribution in [0.2, 0.25) is 5.02 Å². The quantitative estimate of drug-likeness (QED) is 0.257. The van der Waals surface area contributed by atoms with Crippen molar-refractivity contribution >= 4 is 34.2 Å². The minimum atomic E-state index is -0.303. The second-order valence-electron chi connectivity index (χ2n) is 9.61. The molecule has 0 saturated heterocycles. The van der Waals surface area contributed by atoms with E-state index in [2.05, 4.69) is 36.4 Å². The number of nitrogens with one attached hydrogen (secondary N) is 2. The first kappa shape index (κ1) is 27.4. The van der Waals surface area contributed by atoms with Crippen molar-refractivity contribution in [3.63, 3.8) is 0 Å². The summed E-state index contributed by atoms with van der Waals surface area (Å²) < 4.78 is 17.5. The Kier molecular flexibility index (Phi) is 9.61. The van der Waals surface area contributed by atoms with Crippen LogP contribution in [0.25, 0.3) is 10.9 Å². The number of anilines is 1. The van der Waals surface area contributed by atoms with Crippen LogP contribution in [-0.4, -0.2) is 37.8 Å². The number of fused-ring (bicyclic) bond motifs is 1. The zero-order chi connectivity index (χ0) is 26.1. The molecule has 0 aliphatic rings. The van der Waals surface area contributed by atoms with Crippen molar-refractivity contribution < 1.29 is 19.0 Å². The van der Waals surface area contributed by atoms with Gasteiger partial charge in [-0.3, -0.25) is 4.98 Å². The number of benzene rings is 2. The molecule has 8 nitrogen and oxygen atoms in total. The second kappa shape index (κ2) is 12.6. The number of carbonyl (C=O) groups excluding carboxylic acids is 1. The van der Waals surface area contributed by atoms with E-state index in [1.165, 1.54) is 0 Å². The number of urea groups is 1. The van der Waals surface area contributed by atoms with Crippen LogP contribution in [0.15, 0.2) is 42.6 Å². The van der Waals surface area contributed by atoms with Gasteiger partial charge in [-0.1, -0.05) is 32.4 Å². The first-order chi connectivity index (χ1) is 17.2. The molecule has 2 aromatic carbocycles. The lowest BCUT2D eigenvalue weighted by molar-refractivity contribution is 0.250. The number of halogens is 1. The van der Waals surface area contributed by atoms with Crippen LogP contribution in [0, 0.1) is 5.41 Å². The summed E-state index contributed by atoms with van der Waals surface area (Å²) in [5.41, 5.74) is 6.90. The van der Waals surface area contributed by atoms with Crippen LogP contribution in [0.4, 0.5) is 10.5 Å². The van der Waals surface area contributed by atoms with Gasteiger partial charge in [0, 0.05) is 30.3 Å². The van der Waals surface area contributed by atoms with Crippen molar-refractivity contribution in [3.05, 3.63) is 47.6 Å². The molecule has 0 aliphatic heterocycles. The van der Waals surface area contributed by atoms with Gasteiger partial charge in [-0.2, -0.15) is 0 Å². The normalized spacial score (nSPS) is 11.3. The van der Waals surface area contributed by atoms with E-state index >= 15 is 0 Å². The van der Waals surface area contributed by atoms with Gasteiger partial charge in [0.2, 0.25) is 0 Å². The smallest absolute Gasteiger partial charge is 0.319 e. The number of nitrogens with zero attached hydrogens (tertiary/aromatic N) is 1. The molecular weight excluding hydrogens is 480 g/mol. The Bertz CT molecular complexity index is 1180. The highest BCUT2D eigenvalue weighted by molar-refractivity contribution is 6.33. The standard InChI is InChI=1S/C27H35ClN4O4/c1-27(2,3)10-13-31-26(33)32-21-8-7-18(15-20(21)28)36-23-9-12-30-22-17-25(35-14-6-5-11-29)24(34-4)16-19(22)23/h7-9,12,15-17H,5-6,10-11,13-14,29H2,1-4H3,(H2,31,32,33). The summed E-state index contributed by atoms with van der Waals surface area (Å²) in [6.07, 6.45) is 4.29. The van der Waals surface area contributed by atoms with E-state index in [-0.39, 0.29) is 11.4 Å². The molecule has 0 saturated carbocycles. The number of pyridine rings is 1. The van der Waals surface area contributed by atoms with E-state index in [1.54, 1.807) is 37.6 Å². The first-order valence-electron chi connectivity index (χ1n) is 12.0. The maximum Gasteiger partial charge on any atom is 0.319 e. The molecular formula is C27H35ClN4O4. The molecule has 0 atom stereocenters. The summed E-state index contributed by atoms with van der Waals surface area (Å²) in [5.74, 6) is 2.31. The number of carbonyl (C=O) groups is 1. The van der Waals surface area contributed by atoms with Crippen molar-refractivity contribution in [1.29, 1.82) is 0 Å². The highest BCUT2D eigenvalue weighted by Gasteiger charge is 2.14. The monoisotopic (exact) mass is 514 g/mol. The number of amides is 2. The highest BCUT2D eigenvalue weighted by atomic mass is 35.5. The molecule has 3 aromatic rings. The van der Waals surface area contributed by atoms with Gasteiger partial charge in [-0.15, -0.1) is 0 Å². The number of nitrogens with two attached hydrogens (primary N) is 1. The first-order valence-corrected chi connectivity index (χ1v) is 12.4. The number of hydrogen-bond donors (Lipinski definition) is 3. The van der Waals surface area contributed by atoms with E-state index in [0.29, 0.717) is 58.9 Å². The Balaban J connectivity index is 1.72. The predicted molar refractivity (Wildman–Crippen MR) is 145 cm³/mol. The lowest BCUT2D eigenvalue weighted by Crippen LogP contribution is -2.31.